The van der Waals surface area contributed by atoms with E-state index in [4.69, 9.17) is 9.47 Å². The van der Waals surface area contributed by atoms with E-state index in [2.05, 4.69) is 5.32 Å². The van der Waals surface area contributed by atoms with Gasteiger partial charge in [0.15, 0.2) is 0 Å². The number of nitrogens with zero attached hydrogens (tertiary/aromatic N) is 2. The lowest BCUT2D eigenvalue weighted by Crippen LogP contribution is -2.46. The van der Waals surface area contributed by atoms with Gasteiger partial charge in [-0.2, -0.15) is 0 Å². The molecule has 0 bridgehead atoms. The van der Waals surface area contributed by atoms with Crippen molar-refractivity contribution < 1.29 is 28.7 Å². The maximum atomic E-state index is 13.0. The third-order valence-corrected chi connectivity index (χ3v) is 6.03. The van der Waals surface area contributed by atoms with E-state index in [1.165, 1.54) is 0 Å². The molecule has 2 aliphatic rings. The van der Waals surface area contributed by atoms with Crippen LogP contribution in [0.15, 0.2) is 11.6 Å². The zero-order valence-corrected chi connectivity index (χ0v) is 23.1. The minimum atomic E-state index is -0.571. The summed E-state index contributed by atoms with van der Waals surface area (Å²) in [4.78, 5) is 53.0. The molecule has 1 atom stereocenters. The molecule has 0 aromatic rings. The van der Waals surface area contributed by atoms with Crippen molar-refractivity contribution in [3.63, 3.8) is 0 Å². The molecule has 0 aromatic heterocycles. The van der Waals surface area contributed by atoms with Gasteiger partial charge in [-0.1, -0.05) is 6.08 Å². The summed E-state index contributed by atoms with van der Waals surface area (Å²) >= 11 is 0. The normalized spacial score (nSPS) is 19.8. The molecule has 0 radical (unpaired) electrons. The predicted molar refractivity (Wildman–Crippen MR) is 137 cm³/mol. The van der Waals surface area contributed by atoms with Gasteiger partial charge in [-0.05, 0) is 86.5 Å². The summed E-state index contributed by atoms with van der Waals surface area (Å²) < 4.78 is 10.8. The van der Waals surface area contributed by atoms with E-state index in [1.54, 1.807) is 37.5 Å². The molecule has 9 nitrogen and oxygen atoms in total. The summed E-state index contributed by atoms with van der Waals surface area (Å²) in [6, 6.07) is -0.381. The standard InChI is InChI=1S/C27H45N3O6/c1-19(17-23(32)35-26(2,3)4)28-22(31)18-30-14-8-9-21(24(30)33)11-10-20-12-15-29(16-13-20)25(34)36-27(5,6)7/h11,19-20H,8-10,12-18H2,1-7H3,(H,28,31)/b21-11+/t19-/m1/s1. The third-order valence-electron chi connectivity index (χ3n) is 6.03. The van der Waals surface area contributed by atoms with E-state index in [9.17, 15) is 19.2 Å². The zero-order chi connectivity index (χ0) is 27.1. The van der Waals surface area contributed by atoms with Crippen molar-refractivity contribution in [3.8, 4) is 0 Å². The first-order valence-corrected chi connectivity index (χ1v) is 13.1. The largest absolute Gasteiger partial charge is 0.460 e. The minimum Gasteiger partial charge on any atom is -0.460 e. The summed E-state index contributed by atoms with van der Waals surface area (Å²) in [6.45, 7) is 14.6. The molecule has 0 spiro atoms. The fourth-order valence-corrected chi connectivity index (χ4v) is 4.38. The second-order valence-electron chi connectivity index (χ2n) is 12.0. The Bertz CT molecular complexity index is 831. The van der Waals surface area contributed by atoms with Crippen molar-refractivity contribution in [3.05, 3.63) is 11.6 Å². The fraction of sp³-hybridized carbons (Fsp3) is 0.778. The molecule has 36 heavy (non-hydrogen) atoms. The molecule has 2 heterocycles. The number of nitrogens with one attached hydrogen (secondary N) is 1. The first-order valence-electron chi connectivity index (χ1n) is 13.1. The highest BCUT2D eigenvalue weighted by Gasteiger charge is 2.28. The van der Waals surface area contributed by atoms with E-state index in [0.717, 1.165) is 31.3 Å². The number of allylic oxidation sites excluding steroid dienone is 1. The van der Waals surface area contributed by atoms with E-state index in [1.807, 2.05) is 26.8 Å². The quantitative estimate of drug-likeness (QED) is 0.415. The number of hydrogen-bond donors (Lipinski definition) is 1. The molecular formula is C27H45N3O6. The van der Waals surface area contributed by atoms with Crippen LogP contribution in [0.4, 0.5) is 4.79 Å². The number of esters is 1. The number of amides is 3. The van der Waals surface area contributed by atoms with Gasteiger partial charge in [0.05, 0.1) is 13.0 Å². The summed E-state index contributed by atoms with van der Waals surface area (Å²) in [5, 5.41) is 2.79. The Hall–Kier alpha value is -2.58. The number of hydrogen-bond acceptors (Lipinski definition) is 6. The predicted octanol–water partition coefficient (Wildman–Crippen LogP) is 3.81. The van der Waals surface area contributed by atoms with Crippen LogP contribution in [-0.2, 0) is 23.9 Å². The number of carbonyl (C=O) groups excluding carboxylic acids is 4. The Morgan fingerprint density at radius 3 is 2.22 bits per heavy atom. The summed E-state index contributed by atoms with van der Waals surface area (Å²) in [6.07, 6.45) is 5.89. The lowest BCUT2D eigenvalue weighted by Gasteiger charge is -2.33. The molecule has 204 valence electrons. The number of likely N-dealkylation sites (tertiary alicyclic amines) is 2. The first-order chi connectivity index (χ1) is 16.6. The van der Waals surface area contributed by atoms with Crippen molar-refractivity contribution in [2.45, 2.75) is 104 Å². The topological polar surface area (TPSA) is 105 Å². The third kappa shape index (κ3) is 10.6. The SMILES string of the molecule is C[C@H](CC(=O)OC(C)(C)C)NC(=O)CN1CCC/C(=C\CC2CCN(C(=O)OC(C)(C)C)CC2)C1=O. The van der Waals surface area contributed by atoms with Crippen molar-refractivity contribution in [2.75, 3.05) is 26.2 Å². The van der Waals surface area contributed by atoms with Crippen molar-refractivity contribution >= 4 is 23.9 Å². The number of piperidine rings is 2. The first kappa shape index (κ1) is 29.6. The molecule has 0 aromatic carbocycles. The Morgan fingerprint density at radius 1 is 1.03 bits per heavy atom. The molecular weight excluding hydrogens is 462 g/mol. The zero-order valence-electron chi connectivity index (χ0n) is 23.1. The van der Waals surface area contributed by atoms with Crippen molar-refractivity contribution in [2.24, 2.45) is 5.92 Å². The van der Waals surface area contributed by atoms with Crippen molar-refractivity contribution in [1.82, 2.24) is 15.1 Å². The van der Waals surface area contributed by atoms with Gasteiger partial charge in [0.1, 0.15) is 11.2 Å². The highest BCUT2D eigenvalue weighted by atomic mass is 16.6. The highest BCUT2D eigenvalue weighted by molar-refractivity contribution is 5.96. The average molecular weight is 508 g/mol. The average Bonchev–Trinajstić information content (AvgIpc) is 2.71. The van der Waals surface area contributed by atoms with Crippen LogP contribution in [0.1, 0.15) is 87.0 Å². The second-order valence-corrected chi connectivity index (χ2v) is 12.0. The fourth-order valence-electron chi connectivity index (χ4n) is 4.38. The Morgan fingerprint density at radius 2 is 1.64 bits per heavy atom. The Labute approximate surface area is 215 Å². The highest BCUT2D eigenvalue weighted by Crippen LogP contribution is 2.25. The van der Waals surface area contributed by atoms with Crippen LogP contribution < -0.4 is 5.32 Å². The van der Waals surface area contributed by atoms with Gasteiger partial charge in [-0.15, -0.1) is 0 Å². The molecule has 1 N–H and O–H groups in total. The van der Waals surface area contributed by atoms with Gasteiger partial charge in [0.2, 0.25) is 11.8 Å². The lowest BCUT2D eigenvalue weighted by molar-refractivity contribution is -0.155. The van der Waals surface area contributed by atoms with Crippen LogP contribution in [0, 0.1) is 5.92 Å². The van der Waals surface area contributed by atoms with E-state index >= 15 is 0 Å². The minimum absolute atomic E-state index is 0.0247. The smallest absolute Gasteiger partial charge is 0.410 e. The van der Waals surface area contributed by atoms with Crippen LogP contribution in [0.25, 0.3) is 0 Å². The van der Waals surface area contributed by atoms with Crippen molar-refractivity contribution in [1.29, 1.82) is 0 Å². The van der Waals surface area contributed by atoms with Gasteiger partial charge in [0, 0.05) is 31.2 Å². The van der Waals surface area contributed by atoms with Crippen LogP contribution in [0.5, 0.6) is 0 Å². The monoisotopic (exact) mass is 507 g/mol. The van der Waals surface area contributed by atoms with E-state index in [0.29, 0.717) is 32.0 Å². The Balaban J connectivity index is 1.79. The second kappa shape index (κ2) is 12.6. The Kier molecular flexibility index (Phi) is 10.4. The van der Waals surface area contributed by atoms with Gasteiger partial charge < -0.3 is 24.6 Å². The van der Waals surface area contributed by atoms with Crippen LogP contribution in [0.2, 0.25) is 0 Å². The van der Waals surface area contributed by atoms with Crippen LogP contribution in [-0.4, -0.2) is 77.1 Å². The summed E-state index contributed by atoms with van der Waals surface area (Å²) in [7, 11) is 0. The summed E-state index contributed by atoms with van der Waals surface area (Å²) in [5.41, 5.74) is -0.317. The summed E-state index contributed by atoms with van der Waals surface area (Å²) in [5.74, 6) is -0.333. The molecule has 0 aliphatic carbocycles. The molecule has 2 aliphatic heterocycles. The van der Waals surface area contributed by atoms with Gasteiger partial charge in [-0.25, -0.2) is 4.79 Å². The lowest BCUT2D eigenvalue weighted by atomic mass is 9.91. The van der Waals surface area contributed by atoms with Gasteiger partial charge >= 0.3 is 12.1 Å². The molecule has 3 amide bonds. The van der Waals surface area contributed by atoms with E-state index < -0.39 is 11.2 Å². The molecule has 2 saturated heterocycles. The van der Waals surface area contributed by atoms with E-state index in [-0.39, 0.29) is 42.9 Å². The number of carbonyl (C=O) groups is 4. The van der Waals surface area contributed by atoms with Crippen LogP contribution in [0.3, 0.4) is 0 Å². The molecule has 0 unspecified atom stereocenters. The number of rotatable bonds is 7. The molecule has 2 rings (SSSR count). The molecule has 0 saturated carbocycles. The maximum Gasteiger partial charge on any atom is 0.410 e. The van der Waals surface area contributed by atoms with Gasteiger partial charge in [-0.3, -0.25) is 14.4 Å². The molecule has 9 heteroatoms. The number of ether oxygens (including phenoxy) is 2. The maximum absolute atomic E-state index is 13.0. The van der Waals surface area contributed by atoms with Crippen LogP contribution >= 0.6 is 0 Å². The molecule has 2 fully saturated rings. The van der Waals surface area contributed by atoms with Gasteiger partial charge in [0.25, 0.3) is 0 Å².